The molecule has 1 aliphatic carbocycles. The lowest BCUT2D eigenvalue weighted by molar-refractivity contribution is -0.0498. The van der Waals surface area contributed by atoms with Crippen LogP contribution in [0.25, 0.3) is 21.3 Å². The van der Waals surface area contributed by atoms with Gasteiger partial charge in [-0.2, -0.15) is 13.9 Å². The molecule has 0 saturated heterocycles. The number of alkyl halides is 2. The molecule has 2 N–H and O–H groups in total. The maximum absolute atomic E-state index is 13.8. The van der Waals surface area contributed by atoms with Crippen molar-refractivity contribution in [3.05, 3.63) is 48.7 Å². The van der Waals surface area contributed by atoms with Crippen molar-refractivity contribution in [2.45, 2.75) is 19.5 Å². The number of aliphatic imine (C=N–C) groups is 1. The lowest BCUT2D eigenvalue weighted by atomic mass is 10.1. The second kappa shape index (κ2) is 7.78. The van der Waals surface area contributed by atoms with Gasteiger partial charge in [-0.05, 0) is 72.0 Å². The first-order valence-corrected chi connectivity index (χ1v) is 12.0. The summed E-state index contributed by atoms with van der Waals surface area (Å²) in [4.78, 5) is 7.31. The van der Waals surface area contributed by atoms with E-state index < -0.39 is 17.4 Å². The minimum atomic E-state index is -2.89. The number of aromatic nitrogens is 2. The summed E-state index contributed by atoms with van der Waals surface area (Å²) in [7, 11) is 0.280. The number of nitrogen functional groups attached to an aromatic ring is 1. The number of anilines is 3. The van der Waals surface area contributed by atoms with Gasteiger partial charge in [0.25, 0.3) is 5.00 Å². The van der Waals surface area contributed by atoms with E-state index in [1.54, 1.807) is 16.8 Å². The van der Waals surface area contributed by atoms with Gasteiger partial charge in [-0.3, -0.25) is 9.58 Å². The van der Waals surface area contributed by atoms with Crippen LogP contribution in [0.2, 0.25) is 0 Å². The van der Waals surface area contributed by atoms with Gasteiger partial charge in [0.1, 0.15) is 11.4 Å². The topological polar surface area (TPSA) is 91.7 Å². The highest BCUT2D eigenvalue weighted by molar-refractivity contribution is 7.33. The van der Waals surface area contributed by atoms with Crippen LogP contribution in [0, 0.1) is 5.92 Å². The van der Waals surface area contributed by atoms with Gasteiger partial charge in [0, 0.05) is 35.6 Å². The van der Waals surface area contributed by atoms with Gasteiger partial charge < -0.3 is 15.0 Å². The van der Waals surface area contributed by atoms with Crippen molar-refractivity contribution in [3.8, 4) is 16.2 Å². The predicted octanol–water partition coefficient (Wildman–Crippen LogP) is 5.79. The van der Waals surface area contributed by atoms with Crippen molar-refractivity contribution in [1.29, 1.82) is 0 Å². The highest BCUT2D eigenvalue weighted by Gasteiger charge is 2.40. The monoisotopic (exact) mass is 481 g/mol. The van der Waals surface area contributed by atoms with E-state index in [1.807, 2.05) is 36.3 Å². The normalized spacial score (nSPS) is 16.2. The smallest absolute Gasteiger partial charge is 0.387 e. The molecule has 6 rings (SSSR count). The highest BCUT2D eigenvalue weighted by Crippen LogP contribution is 2.58. The summed E-state index contributed by atoms with van der Waals surface area (Å²) >= 11 is 0. The number of aryl methyl sites for hydroxylation is 1. The van der Waals surface area contributed by atoms with Gasteiger partial charge >= 0.3 is 6.61 Å². The summed E-state index contributed by atoms with van der Waals surface area (Å²) in [5.41, 5.74) is 10.8. The van der Waals surface area contributed by atoms with E-state index in [0.717, 1.165) is 35.0 Å². The highest BCUT2D eigenvalue weighted by atomic mass is 32.2. The first-order valence-electron chi connectivity index (χ1n) is 10.9. The maximum atomic E-state index is 13.8. The predicted molar refractivity (Wildman–Crippen MR) is 129 cm³/mol. The number of ether oxygens (including phenoxy) is 1. The fourth-order valence-corrected chi connectivity index (χ4v) is 5.99. The van der Waals surface area contributed by atoms with E-state index in [2.05, 4.69) is 9.84 Å². The molecule has 1 fully saturated rings. The van der Waals surface area contributed by atoms with Crippen LogP contribution >= 0.6 is 10.8 Å². The van der Waals surface area contributed by atoms with Crippen molar-refractivity contribution in [2.75, 3.05) is 17.2 Å². The fraction of sp³-hybridized carbons (Fsp3) is 0.250. The summed E-state index contributed by atoms with van der Waals surface area (Å²) in [5, 5.41) is 5.85. The third-order valence-corrected chi connectivity index (χ3v) is 7.78. The summed E-state index contributed by atoms with van der Waals surface area (Å²) in [6, 6.07) is 12.0. The van der Waals surface area contributed by atoms with Gasteiger partial charge in [-0.1, -0.05) is 0 Å². The first-order chi connectivity index (χ1) is 16.4. The maximum Gasteiger partial charge on any atom is 0.387 e. The summed E-state index contributed by atoms with van der Waals surface area (Å²) in [5.74, 6) is 0.451. The number of thiophene rings is 1. The molecule has 174 valence electrons. The average molecular weight is 482 g/mol. The Balaban J connectivity index is 1.48. The number of fused-ring (bicyclic) bond motifs is 2. The molecule has 1 unspecified atom stereocenters. The lowest BCUT2D eigenvalue weighted by Gasteiger charge is -2.26. The largest absolute Gasteiger partial charge is 0.588 e. The van der Waals surface area contributed by atoms with Crippen molar-refractivity contribution < 1.29 is 18.1 Å². The van der Waals surface area contributed by atoms with Crippen LogP contribution in [0.1, 0.15) is 12.8 Å². The fourth-order valence-electron chi connectivity index (χ4n) is 4.46. The Morgan fingerprint density at radius 3 is 2.65 bits per heavy atom. The molecule has 3 heterocycles. The SMILES string of the molecule is Cn1cc2cc(-c3c(N)c4c([s+]3[O-])N(c3ccc(OC(F)F)cc3)CC(C3CC3)=N4)ccc2n1. The van der Waals surface area contributed by atoms with Crippen LogP contribution in [-0.4, -0.2) is 33.2 Å². The van der Waals surface area contributed by atoms with Crippen molar-refractivity contribution >= 4 is 49.4 Å². The third kappa shape index (κ3) is 3.50. The van der Waals surface area contributed by atoms with E-state index in [4.69, 9.17) is 10.7 Å². The van der Waals surface area contributed by atoms with Crippen LogP contribution in [-0.2, 0) is 7.05 Å². The number of rotatable bonds is 5. The summed E-state index contributed by atoms with van der Waals surface area (Å²) in [6.07, 6.45) is 4.03. The van der Waals surface area contributed by atoms with Crippen molar-refractivity contribution in [1.82, 2.24) is 9.78 Å². The molecule has 0 spiro atoms. The molecule has 2 aliphatic rings. The average Bonchev–Trinajstić information content (AvgIpc) is 3.54. The standard InChI is InChI=1S/C24H21F2N5O2S/c1-30-11-15-10-14(4-9-18(15)29-30)22-20(27)21-23(34(22)32)31(12-19(28-21)13-2-3-13)16-5-7-17(8-6-16)33-24(25)26/h4-11,13,24H,2-3,12,27H2,1H3. The van der Waals surface area contributed by atoms with Crippen LogP contribution in [0.5, 0.6) is 5.75 Å². The zero-order valence-corrected chi connectivity index (χ0v) is 19.1. The Labute approximate surface area is 196 Å². The van der Waals surface area contributed by atoms with Crippen molar-refractivity contribution in [3.63, 3.8) is 0 Å². The molecule has 34 heavy (non-hydrogen) atoms. The van der Waals surface area contributed by atoms with E-state index in [0.29, 0.717) is 39.4 Å². The zero-order chi connectivity index (χ0) is 23.6. The molecule has 1 atom stereocenters. The first kappa shape index (κ1) is 21.1. The second-order valence-corrected chi connectivity index (χ2v) is 9.91. The number of hydrogen-bond donors (Lipinski definition) is 1. The number of hydrogen-bond acceptors (Lipinski definition) is 6. The zero-order valence-electron chi connectivity index (χ0n) is 18.2. The minimum absolute atomic E-state index is 0.0664. The molecule has 2 aromatic carbocycles. The number of halogens is 2. The Hall–Kier alpha value is -3.50. The summed E-state index contributed by atoms with van der Waals surface area (Å²) < 4.78 is 45.2. The molecule has 10 heteroatoms. The van der Waals surface area contributed by atoms with E-state index in [1.165, 1.54) is 12.1 Å². The summed E-state index contributed by atoms with van der Waals surface area (Å²) in [6.45, 7) is -2.42. The van der Waals surface area contributed by atoms with Crippen LogP contribution in [0.15, 0.2) is 53.7 Å². The van der Waals surface area contributed by atoms with Crippen molar-refractivity contribution in [2.24, 2.45) is 18.0 Å². The Morgan fingerprint density at radius 1 is 1.18 bits per heavy atom. The number of nitrogens with two attached hydrogens (primary N) is 1. The van der Waals surface area contributed by atoms with E-state index in [9.17, 15) is 13.3 Å². The third-order valence-electron chi connectivity index (χ3n) is 6.19. The van der Waals surface area contributed by atoms with Crippen LogP contribution in [0.3, 0.4) is 0 Å². The van der Waals surface area contributed by atoms with Gasteiger partial charge in [-0.15, -0.1) is 0 Å². The quantitative estimate of drug-likeness (QED) is 0.365. The Kier molecular flexibility index (Phi) is 4.82. The number of benzene rings is 2. The van der Waals surface area contributed by atoms with Crippen LogP contribution in [0.4, 0.5) is 30.8 Å². The van der Waals surface area contributed by atoms with Gasteiger partial charge in [0.2, 0.25) is 4.88 Å². The molecular formula is C24H21F2N5O2S. The molecule has 2 aromatic heterocycles. The number of nitrogens with zero attached hydrogens (tertiary/aromatic N) is 4. The molecule has 0 bridgehead atoms. The van der Waals surface area contributed by atoms with Gasteiger partial charge in [0.05, 0.1) is 12.1 Å². The molecule has 4 aromatic rings. The molecule has 1 saturated carbocycles. The second-order valence-electron chi connectivity index (χ2n) is 8.58. The molecular weight excluding hydrogens is 460 g/mol. The minimum Gasteiger partial charge on any atom is -0.588 e. The Morgan fingerprint density at radius 2 is 1.94 bits per heavy atom. The Bertz CT molecular complexity index is 1440. The van der Waals surface area contributed by atoms with E-state index in [-0.39, 0.29) is 5.75 Å². The molecule has 0 radical (unpaired) electrons. The van der Waals surface area contributed by atoms with E-state index >= 15 is 0 Å². The van der Waals surface area contributed by atoms with Crippen LogP contribution < -0.4 is 15.4 Å². The molecule has 0 amide bonds. The lowest BCUT2D eigenvalue weighted by Crippen LogP contribution is -2.28. The molecule has 1 aliphatic heterocycles. The van der Waals surface area contributed by atoms with Gasteiger partial charge in [-0.25, -0.2) is 4.99 Å². The van der Waals surface area contributed by atoms with Gasteiger partial charge in [0.15, 0.2) is 5.69 Å². The molecule has 7 nitrogen and oxygen atoms in total.